The highest BCUT2D eigenvalue weighted by atomic mass is 33.1. The molecule has 0 amide bonds. The van der Waals surface area contributed by atoms with E-state index in [9.17, 15) is 15.0 Å². The van der Waals surface area contributed by atoms with Gasteiger partial charge < -0.3 is 20.3 Å². The van der Waals surface area contributed by atoms with Gasteiger partial charge in [-0.05, 0) is 122 Å². The van der Waals surface area contributed by atoms with Crippen LogP contribution in [0.3, 0.4) is 0 Å². The quantitative estimate of drug-likeness (QED) is 0.314. The molecule has 1 aromatic rings. The number of anilines is 1. The number of ether oxygens (including phenoxy) is 1. The van der Waals surface area contributed by atoms with Crippen LogP contribution in [0.1, 0.15) is 77.2 Å². The SMILES string of the molecule is COC1CC(=O)C2C3C4CC(C)(C12O)C3(C)C12CC3Cc5cccc(c5)NC5C(O)CCCC5SSCC3C1CCC4C2. The van der Waals surface area contributed by atoms with E-state index in [0.29, 0.717) is 41.3 Å². The molecule has 1 aliphatic heterocycles. The van der Waals surface area contributed by atoms with Crippen molar-refractivity contribution in [1.29, 1.82) is 0 Å². The number of benzene rings is 1. The number of hydrogen-bond donors (Lipinski definition) is 3. The lowest BCUT2D eigenvalue weighted by Gasteiger charge is -2.63. The van der Waals surface area contributed by atoms with Gasteiger partial charge in [-0.25, -0.2) is 0 Å². The van der Waals surface area contributed by atoms with E-state index in [4.69, 9.17) is 4.74 Å². The molecular formula is C36H49NO4S2. The molecule has 5 nitrogen and oxygen atoms in total. The van der Waals surface area contributed by atoms with Crippen molar-refractivity contribution >= 4 is 33.1 Å². The molecule has 0 aromatic heterocycles. The summed E-state index contributed by atoms with van der Waals surface area (Å²) >= 11 is 0. The van der Waals surface area contributed by atoms with Gasteiger partial charge >= 0.3 is 0 Å². The lowest BCUT2D eigenvalue weighted by atomic mass is 9.41. The first-order valence-corrected chi connectivity index (χ1v) is 19.6. The fraction of sp³-hybridized carbons (Fsp3) is 0.806. The summed E-state index contributed by atoms with van der Waals surface area (Å²) in [5, 5.41) is 28.0. The minimum absolute atomic E-state index is 0.0563. The molecule has 0 radical (unpaired) electrons. The van der Waals surface area contributed by atoms with E-state index in [-0.39, 0.29) is 52.1 Å². The summed E-state index contributed by atoms with van der Waals surface area (Å²) < 4.78 is 5.98. The highest BCUT2D eigenvalue weighted by molar-refractivity contribution is 8.77. The van der Waals surface area contributed by atoms with Gasteiger partial charge in [-0.1, -0.05) is 47.6 Å². The Kier molecular flexibility index (Phi) is 6.24. The topological polar surface area (TPSA) is 78.8 Å². The Hall–Kier alpha value is -0.730. The maximum Gasteiger partial charge on any atom is 0.141 e. The average molecular weight is 624 g/mol. The molecule has 3 N–H and O–H groups in total. The van der Waals surface area contributed by atoms with Crippen LogP contribution in [0.2, 0.25) is 0 Å². The van der Waals surface area contributed by atoms with E-state index in [1.54, 1.807) is 7.11 Å². The zero-order valence-electron chi connectivity index (χ0n) is 26.0. The van der Waals surface area contributed by atoms with Gasteiger partial charge in [0.25, 0.3) is 0 Å². The zero-order chi connectivity index (χ0) is 29.5. The molecule has 7 heteroatoms. The summed E-state index contributed by atoms with van der Waals surface area (Å²) in [4.78, 5) is 13.8. The number of rotatable bonds is 1. The highest BCUT2D eigenvalue weighted by Gasteiger charge is 2.89. The van der Waals surface area contributed by atoms with Crippen LogP contribution in [0, 0.1) is 57.7 Å². The number of fused-ring (bicyclic) bond motifs is 9. The lowest BCUT2D eigenvalue weighted by Crippen LogP contribution is -2.60. The normalized spacial score (nSPS) is 56.2. The molecule has 15 atom stereocenters. The van der Waals surface area contributed by atoms with Crippen molar-refractivity contribution in [3.05, 3.63) is 29.8 Å². The standard InChI is InChI=1S/C36H49NO4S2/c1-33-17-23-20-10-11-25-24-18-42-43-28-9-5-8-26(38)32(28)37-22-7-4-6-19(13-22)12-21(24)16-35(25,15-20)34(33,2)30(23)31-27(39)14-29(41-3)36(31,33)40/h4,6-7,13,20-21,23-26,28-32,37-38,40H,5,8-12,14-18H2,1-3H3. The monoisotopic (exact) mass is 623 g/mol. The second-order valence-corrected chi connectivity index (χ2v) is 19.2. The predicted molar refractivity (Wildman–Crippen MR) is 173 cm³/mol. The van der Waals surface area contributed by atoms with Crippen molar-refractivity contribution < 1.29 is 19.7 Å². The summed E-state index contributed by atoms with van der Waals surface area (Å²) in [6, 6.07) is 9.17. The molecule has 1 heterocycles. The smallest absolute Gasteiger partial charge is 0.141 e. The van der Waals surface area contributed by atoms with Crippen LogP contribution in [0.25, 0.3) is 0 Å². The number of carbonyl (C=O) groups is 1. The van der Waals surface area contributed by atoms with E-state index >= 15 is 0 Å². The predicted octanol–water partition coefficient (Wildman–Crippen LogP) is 6.37. The van der Waals surface area contributed by atoms with Gasteiger partial charge in [-0.3, -0.25) is 4.79 Å². The van der Waals surface area contributed by atoms with Crippen molar-refractivity contribution in [3.63, 3.8) is 0 Å². The molecule has 9 rings (SSSR count). The van der Waals surface area contributed by atoms with Crippen LogP contribution < -0.4 is 5.32 Å². The second-order valence-electron chi connectivity index (χ2n) is 16.6. The van der Waals surface area contributed by atoms with Crippen LogP contribution in [0.5, 0.6) is 0 Å². The van der Waals surface area contributed by atoms with Crippen molar-refractivity contribution in [1.82, 2.24) is 0 Å². The van der Waals surface area contributed by atoms with Crippen molar-refractivity contribution in [3.8, 4) is 0 Å². The third kappa shape index (κ3) is 3.33. The van der Waals surface area contributed by atoms with Crippen molar-refractivity contribution in [2.75, 3.05) is 18.2 Å². The number of aliphatic hydroxyl groups is 2. The molecular weight excluding hydrogens is 575 g/mol. The Morgan fingerprint density at radius 1 is 1.02 bits per heavy atom. The molecule has 8 aliphatic rings. The van der Waals surface area contributed by atoms with E-state index in [1.165, 1.54) is 37.0 Å². The molecule has 1 spiro atoms. The number of Topliss-reactive ketones (excluding diaryl/α,β-unsaturated/α-hetero) is 1. The number of ketones is 1. The van der Waals surface area contributed by atoms with Crippen molar-refractivity contribution in [2.45, 2.75) is 107 Å². The van der Waals surface area contributed by atoms with Crippen LogP contribution in [-0.4, -0.2) is 58.0 Å². The molecule has 8 bridgehead atoms. The van der Waals surface area contributed by atoms with E-state index < -0.39 is 5.60 Å². The molecule has 7 saturated carbocycles. The first-order chi connectivity index (χ1) is 20.7. The van der Waals surface area contributed by atoms with E-state index in [2.05, 4.69) is 54.2 Å². The highest BCUT2D eigenvalue weighted by Crippen LogP contribution is 2.89. The minimum Gasteiger partial charge on any atom is -0.391 e. The fourth-order valence-electron chi connectivity index (χ4n) is 14.2. The maximum atomic E-state index is 13.8. The Morgan fingerprint density at radius 3 is 2.70 bits per heavy atom. The van der Waals surface area contributed by atoms with Gasteiger partial charge in [0.05, 0.1) is 24.2 Å². The summed E-state index contributed by atoms with van der Waals surface area (Å²) in [7, 11) is 5.83. The van der Waals surface area contributed by atoms with Gasteiger partial charge in [0, 0.05) is 35.6 Å². The molecule has 1 aromatic carbocycles. The van der Waals surface area contributed by atoms with Crippen molar-refractivity contribution in [2.24, 2.45) is 57.7 Å². The Labute approximate surface area is 264 Å². The van der Waals surface area contributed by atoms with Gasteiger partial charge in [-0.2, -0.15) is 0 Å². The maximum absolute atomic E-state index is 13.8. The van der Waals surface area contributed by atoms with Gasteiger partial charge in [0.1, 0.15) is 11.4 Å². The zero-order valence-corrected chi connectivity index (χ0v) is 27.6. The van der Waals surface area contributed by atoms with Crippen LogP contribution in [-0.2, 0) is 16.0 Å². The molecule has 234 valence electrons. The molecule has 0 saturated heterocycles. The largest absolute Gasteiger partial charge is 0.391 e. The number of aliphatic hydroxyl groups excluding tert-OH is 1. The Balaban J connectivity index is 1.14. The third-order valence-corrected chi connectivity index (χ3v) is 18.7. The molecule has 7 aliphatic carbocycles. The van der Waals surface area contributed by atoms with Crippen LogP contribution in [0.15, 0.2) is 24.3 Å². The molecule has 43 heavy (non-hydrogen) atoms. The number of methoxy groups -OCH3 is 1. The van der Waals surface area contributed by atoms with Gasteiger partial charge in [0.15, 0.2) is 0 Å². The number of carbonyl (C=O) groups excluding carboxylic acids is 1. The summed E-state index contributed by atoms with van der Waals surface area (Å²) in [5.74, 6) is 4.63. The van der Waals surface area contributed by atoms with Crippen LogP contribution in [0.4, 0.5) is 5.69 Å². The molecule has 7 fully saturated rings. The Bertz CT molecular complexity index is 1340. The van der Waals surface area contributed by atoms with Crippen LogP contribution >= 0.6 is 21.6 Å². The average Bonchev–Trinajstić information content (AvgIpc) is 3.56. The van der Waals surface area contributed by atoms with E-state index in [0.717, 1.165) is 37.8 Å². The fourth-order valence-corrected chi connectivity index (χ4v) is 17.6. The molecule has 15 unspecified atom stereocenters. The van der Waals surface area contributed by atoms with Gasteiger partial charge in [0.2, 0.25) is 0 Å². The summed E-state index contributed by atoms with van der Waals surface area (Å²) in [5.41, 5.74) is 1.33. The Morgan fingerprint density at radius 2 is 1.86 bits per heavy atom. The van der Waals surface area contributed by atoms with E-state index in [1.807, 2.05) is 10.8 Å². The first kappa shape index (κ1) is 28.5. The van der Waals surface area contributed by atoms with Gasteiger partial charge in [-0.15, -0.1) is 0 Å². The number of hydrogen-bond acceptors (Lipinski definition) is 7. The second kappa shape index (κ2) is 9.42. The number of nitrogens with one attached hydrogen (secondary N) is 1. The summed E-state index contributed by atoms with van der Waals surface area (Å²) in [6.07, 6.45) is 10.1. The first-order valence-electron chi connectivity index (χ1n) is 17.3. The lowest BCUT2D eigenvalue weighted by molar-refractivity contribution is -0.193. The third-order valence-electron chi connectivity index (χ3n) is 15.7. The minimum atomic E-state index is -1.04. The summed E-state index contributed by atoms with van der Waals surface area (Å²) in [6.45, 7) is 4.97.